The van der Waals surface area contributed by atoms with Gasteiger partial charge in [-0.3, -0.25) is 0 Å². The predicted octanol–water partition coefficient (Wildman–Crippen LogP) is 1.62. The zero-order valence-corrected chi connectivity index (χ0v) is 7.93. The summed E-state index contributed by atoms with van der Waals surface area (Å²) in [4.78, 5) is 3.58. The van der Waals surface area contributed by atoms with E-state index in [1.54, 1.807) is 0 Å². The Morgan fingerprint density at radius 1 is 1.57 bits per heavy atom. The van der Waals surface area contributed by atoms with Crippen molar-refractivity contribution in [2.45, 2.75) is 19.6 Å². The van der Waals surface area contributed by atoms with Crippen molar-refractivity contribution in [3.63, 3.8) is 0 Å². The average Bonchev–Trinajstić information content (AvgIpc) is 2.17. The molecule has 0 fully saturated rings. The molecule has 0 saturated carbocycles. The predicted molar refractivity (Wildman–Crippen MR) is 48.0 cm³/mol. The fourth-order valence-electron chi connectivity index (χ4n) is 1.03. The molecule has 78 valence electrons. The number of aliphatic hydroxyl groups is 1. The number of hydrogen-bond acceptors (Lipinski definition) is 3. The molecule has 0 aliphatic carbocycles. The summed E-state index contributed by atoms with van der Waals surface area (Å²) in [5.74, 6) is 0. The van der Waals surface area contributed by atoms with Crippen molar-refractivity contribution >= 4 is 11.6 Å². The summed E-state index contributed by atoms with van der Waals surface area (Å²) in [6.45, 7) is -0.377. The Kier molecular flexibility index (Phi) is 3.74. The zero-order chi connectivity index (χ0) is 10.7. The Bertz CT molecular complexity index is 333. The summed E-state index contributed by atoms with van der Waals surface area (Å²) in [5.41, 5.74) is 5.24. The number of rotatable bonds is 3. The van der Waals surface area contributed by atoms with Crippen LogP contribution in [-0.2, 0) is 13.2 Å². The molecular formula is C8H9ClF2N2O. The van der Waals surface area contributed by atoms with E-state index in [9.17, 15) is 8.78 Å². The molecule has 0 spiro atoms. The smallest absolute Gasteiger partial charge is 0.281 e. The molecule has 0 aromatic carbocycles. The van der Waals surface area contributed by atoms with Crippen molar-refractivity contribution in [1.29, 1.82) is 0 Å². The van der Waals surface area contributed by atoms with Crippen LogP contribution in [0.3, 0.4) is 0 Å². The normalized spacial score (nSPS) is 11.0. The van der Waals surface area contributed by atoms with Crippen LogP contribution in [0.1, 0.15) is 23.4 Å². The van der Waals surface area contributed by atoms with Gasteiger partial charge in [-0.25, -0.2) is 13.8 Å². The maximum atomic E-state index is 12.4. The summed E-state index contributed by atoms with van der Waals surface area (Å²) in [6, 6.07) is 1.41. The fraction of sp³-hybridized carbons (Fsp3) is 0.375. The largest absolute Gasteiger partial charge is 0.392 e. The van der Waals surface area contributed by atoms with Crippen molar-refractivity contribution in [3.05, 3.63) is 28.0 Å². The minimum atomic E-state index is -2.76. The molecule has 1 rings (SSSR count). The van der Waals surface area contributed by atoms with Crippen LogP contribution in [0.4, 0.5) is 8.78 Å². The summed E-state index contributed by atoms with van der Waals surface area (Å²) < 4.78 is 24.8. The molecule has 0 amide bonds. The van der Waals surface area contributed by atoms with E-state index in [0.717, 1.165) is 0 Å². The van der Waals surface area contributed by atoms with E-state index in [2.05, 4.69) is 4.98 Å². The van der Waals surface area contributed by atoms with Crippen LogP contribution < -0.4 is 5.73 Å². The molecule has 0 saturated heterocycles. The second-order valence-electron chi connectivity index (χ2n) is 2.63. The second-order valence-corrected chi connectivity index (χ2v) is 3.01. The van der Waals surface area contributed by atoms with E-state index in [-0.39, 0.29) is 22.8 Å². The van der Waals surface area contributed by atoms with Crippen molar-refractivity contribution < 1.29 is 13.9 Å². The Morgan fingerprint density at radius 2 is 2.21 bits per heavy atom. The molecule has 0 bridgehead atoms. The number of halogens is 3. The molecule has 1 heterocycles. The van der Waals surface area contributed by atoms with Gasteiger partial charge in [0, 0.05) is 6.54 Å². The third-order valence-electron chi connectivity index (χ3n) is 1.70. The number of hydrogen-bond donors (Lipinski definition) is 2. The molecule has 3 nitrogen and oxygen atoms in total. The van der Waals surface area contributed by atoms with Gasteiger partial charge in [-0.1, -0.05) is 11.6 Å². The monoisotopic (exact) mass is 222 g/mol. The van der Waals surface area contributed by atoms with E-state index in [4.69, 9.17) is 22.4 Å². The van der Waals surface area contributed by atoms with Crippen molar-refractivity contribution in [2.24, 2.45) is 5.73 Å². The Hall–Kier alpha value is -0.780. The van der Waals surface area contributed by atoms with Gasteiger partial charge in [0.1, 0.15) is 5.69 Å². The van der Waals surface area contributed by atoms with Gasteiger partial charge in [-0.15, -0.1) is 0 Å². The molecular weight excluding hydrogens is 214 g/mol. The summed E-state index contributed by atoms with van der Waals surface area (Å²) in [5, 5.41) is 8.65. The molecule has 0 radical (unpaired) electrons. The Morgan fingerprint density at radius 3 is 2.64 bits per heavy atom. The molecule has 14 heavy (non-hydrogen) atoms. The molecule has 6 heteroatoms. The minimum absolute atomic E-state index is 0.0316. The number of aliphatic hydroxyl groups excluding tert-OH is 1. The lowest BCUT2D eigenvalue weighted by atomic mass is 10.2. The van der Waals surface area contributed by atoms with Gasteiger partial charge in [0.05, 0.1) is 17.3 Å². The van der Waals surface area contributed by atoms with Crippen LogP contribution in [-0.4, -0.2) is 10.1 Å². The van der Waals surface area contributed by atoms with E-state index < -0.39 is 18.7 Å². The first kappa shape index (κ1) is 11.3. The Balaban J connectivity index is 3.27. The summed E-state index contributed by atoms with van der Waals surface area (Å²) in [7, 11) is 0. The molecule has 0 aliphatic rings. The lowest BCUT2D eigenvalue weighted by Crippen LogP contribution is -2.05. The Labute approximate surface area is 84.5 Å². The van der Waals surface area contributed by atoms with E-state index in [1.807, 2.05) is 0 Å². The summed E-state index contributed by atoms with van der Waals surface area (Å²) >= 11 is 5.59. The van der Waals surface area contributed by atoms with Crippen LogP contribution in [0, 0.1) is 0 Å². The highest BCUT2D eigenvalue weighted by Crippen LogP contribution is 2.28. The highest BCUT2D eigenvalue weighted by atomic mass is 35.5. The number of pyridine rings is 1. The van der Waals surface area contributed by atoms with E-state index in [1.165, 1.54) is 6.07 Å². The maximum Gasteiger partial charge on any atom is 0.281 e. The lowest BCUT2D eigenvalue weighted by Gasteiger charge is -2.08. The van der Waals surface area contributed by atoms with Gasteiger partial charge in [0.2, 0.25) is 0 Å². The highest BCUT2D eigenvalue weighted by molar-refractivity contribution is 6.32. The number of nitrogens with two attached hydrogens (primary N) is 1. The van der Waals surface area contributed by atoms with Crippen molar-refractivity contribution in [1.82, 2.24) is 4.98 Å². The number of alkyl halides is 2. The van der Waals surface area contributed by atoms with Crippen molar-refractivity contribution in [2.75, 3.05) is 0 Å². The summed E-state index contributed by atoms with van der Waals surface area (Å²) in [6.07, 6.45) is -2.76. The SMILES string of the molecule is NCc1cc(CO)c(Cl)c(C(F)F)n1. The molecule has 1 aromatic rings. The van der Waals surface area contributed by atoms with Crippen LogP contribution in [0.5, 0.6) is 0 Å². The van der Waals surface area contributed by atoms with Crippen LogP contribution in [0.2, 0.25) is 5.02 Å². The molecule has 3 N–H and O–H groups in total. The average molecular weight is 223 g/mol. The van der Waals surface area contributed by atoms with Gasteiger partial charge in [0.25, 0.3) is 6.43 Å². The fourth-order valence-corrected chi connectivity index (χ4v) is 1.27. The van der Waals surface area contributed by atoms with Gasteiger partial charge < -0.3 is 10.8 Å². The third-order valence-corrected chi connectivity index (χ3v) is 2.13. The van der Waals surface area contributed by atoms with Crippen molar-refractivity contribution in [3.8, 4) is 0 Å². The zero-order valence-electron chi connectivity index (χ0n) is 7.17. The maximum absolute atomic E-state index is 12.4. The first-order valence-electron chi connectivity index (χ1n) is 3.87. The second kappa shape index (κ2) is 4.63. The van der Waals surface area contributed by atoms with E-state index >= 15 is 0 Å². The lowest BCUT2D eigenvalue weighted by molar-refractivity contribution is 0.145. The number of aromatic nitrogens is 1. The van der Waals surface area contributed by atoms with Gasteiger partial charge in [0.15, 0.2) is 0 Å². The molecule has 0 unspecified atom stereocenters. The number of nitrogens with zero attached hydrogens (tertiary/aromatic N) is 1. The molecule has 1 aromatic heterocycles. The van der Waals surface area contributed by atoms with Crippen LogP contribution in [0.25, 0.3) is 0 Å². The first-order chi connectivity index (χ1) is 6.60. The van der Waals surface area contributed by atoms with Gasteiger partial charge >= 0.3 is 0 Å². The third kappa shape index (κ3) is 2.17. The molecule has 0 aliphatic heterocycles. The van der Waals surface area contributed by atoms with Crippen LogP contribution in [0.15, 0.2) is 6.07 Å². The minimum Gasteiger partial charge on any atom is -0.392 e. The first-order valence-corrected chi connectivity index (χ1v) is 4.25. The quantitative estimate of drug-likeness (QED) is 0.817. The standard InChI is InChI=1S/C8H9ClF2N2O/c9-6-4(3-14)1-5(2-12)13-7(6)8(10)11/h1,8,14H,2-3,12H2. The van der Waals surface area contributed by atoms with Gasteiger partial charge in [-0.2, -0.15) is 0 Å². The highest BCUT2D eigenvalue weighted by Gasteiger charge is 2.17. The van der Waals surface area contributed by atoms with E-state index in [0.29, 0.717) is 0 Å². The molecule has 0 atom stereocenters. The van der Waals surface area contributed by atoms with Crippen LogP contribution >= 0.6 is 11.6 Å². The van der Waals surface area contributed by atoms with Gasteiger partial charge in [-0.05, 0) is 11.6 Å². The topological polar surface area (TPSA) is 59.1 Å².